The number of thioether (sulfide) groups is 1. The first-order valence-electron chi connectivity index (χ1n) is 5.99. The van der Waals surface area contributed by atoms with Crippen LogP contribution < -0.4 is 11.3 Å². The molecule has 2 aromatic rings. The van der Waals surface area contributed by atoms with Gasteiger partial charge < -0.3 is 10.3 Å². The molecule has 1 aromatic carbocycles. The predicted octanol–water partition coefficient (Wildman–Crippen LogP) is 3.27. The molecule has 0 aliphatic carbocycles. The third-order valence-electron chi connectivity index (χ3n) is 2.63. The van der Waals surface area contributed by atoms with Crippen LogP contribution in [0.3, 0.4) is 0 Å². The summed E-state index contributed by atoms with van der Waals surface area (Å²) in [7, 11) is 0. The maximum atomic E-state index is 11.6. The van der Waals surface area contributed by atoms with Gasteiger partial charge in [0.05, 0.1) is 0 Å². The van der Waals surface area contributed by atoms with Crippen LogP contribution in [-0.2, 0) is 6.54 Å². The Kier molecular flexibility index (Phi) is 4.93. The van der Waals surface area contributed by atoms with Gasteiger partial charge in [0, 0.05) is 34.4 Å². The molecule has 0 aliphatic rings. The molecular weight excluding hydrogens is 280 g/mol. The predicted molar refractivity (Wildman–Crippen MR) is 81.9 cm³/mol. The molecule has 0 atom stereocenters. The number of benzene rings is 1. The Bertz CT molecular complexity index is 595. The quantitative estimate of drug-likeness (QED) is 0.680. The zero-order chi connectivity index (χ0) is 13.7. The average molecular weight is 295 g/mol. The van der Waals surface area contributed by atoms with Crippen LogP contribution in [0, 0.1) is 0 Å². The van der Waals surface area contributed by atoms with E-state index in [0.29, 0.717) is 12.2 Å². The van der Waals surface area contributed by atoms with Crippen LogP contribution in [0.15, 0.2) is 52.3 Å². The van der Waals surface area contributed by atoms with Gasteiger partial charge in [-0.25, -0.2) is 0 Å². The van der Waals surface area contributed by atoms with Gasteiger partial charge in [0.1, 0.15) is 0 Å². The Morgan fingerprint density at radius 3 is 2.63 bits per heavy atom. The third-order valence-corrected chi connectivity index (χ3v) is 3.98. The molecule has 2 N–H and O–H groups in total. The van der Waals surface area contributed by atoms with Gasteiger partial charge in [0.25, 0.3) is 5.56 Å². The van der Waals surface area contributed by atoms with Crippen molar-refractivity contribution in [1.29, 1.82) is 0 Å². The van der Waals surface area contributed by atoms with Gasteiger partial charge in [-0.3, -0.25) is 4.79 Å². The molecule has 19 heavy (non-hydrogen) atoms. The molecule has 0 radical (unpaired) electrons. The van der Waals surface area contributed by atoms with Crippen LogP contribution in [0.25, 0.3) is 0 Å². The molecule has 2 rings (SSSR count). The Morgan fingerprint density at radius 1 is 1.16 bits per heavy atom. The standard InChI is InChI=1S/C14H15ClN2OS/c15-11-2-5-13(6-3-11)19-9-1-8-17-10-12(16)4-7-14(17)18/h2-7,10H,1,8-9,16H2. The van der Waals surface area contributed by atoms with Gasteiger partial charge in [0.15, 0.2) is 0 Å². The van der Waals surface area contributed by atoms with Gasteiger partial charge in [-0.15, -0.1) is 11.8 Å². The van der Waals surface area contributed by atoms with Crippen LogP contribution in [0.1, 0.15) is 6.42 Å². The van der Waals surface area contributed by atoms with Crippen molar-refractivity contribution in [3.8, 4) is 0 Å². The van der Waals surface area contributed by atoms with Crippen LogP contribution in [0.4, 0.5) is 5.69 Å². The zero-order valence-electron chi connectivity index (χ0n) is 10.4. The molecule has 0 amide bonds. The molecule has 0 bridgehead atoms. The van der Waals surface area contributed by atoms with Gasteiger partial charge in [-0.1, -0.05) is 11.6 Å². The zero-order valence-corrected chi connectivity index (χ0v) is 12.0. The van der Waals surface area contributed by atoms with Gasteiger partial charge in [-0.05, 0) is 42.5 Å². The maximum absolute atomic E-state index is 11.6. The van der Waals surface area contributed by atoms with E-state index < -0.39 is 0 Å². The number of nitrogens with two attached hydrogens (primary N) is 1. The molecule has 3 nitrogen and oxygen atoms in total. The minimum absolute atomic E-state index is 0.00862. The van der Waals surface area contributed by atoms with E-state index >= 15 is 0 Å². The van der Waals surface area contributed by atoms with E-state index in [-0.39, 0.29) is 5.56 Å². The van der Waals surface area contributed by atoms with Crippen molar-refractivity contribution >= 4 is 29.1 Å². The number of aryl methyl sites for hydroxylation is 1. The number of aromatic nitrogens is 1. The second kappa shape index (κ2) is 6.68. The molecular formula is C14H15ClN2OS. The summed E-state index contributed by atoms with van der Waals surface area (Å²) in [5.41, 5.74) is 6.27. The molecule has 0 saturated heterocycles. The summed E-state index contributed by atoms with van der Waals surface area (Å²) in [6.45, 7) is 0.685. The smallest absolute Gasteiger partial charge is 0.250 e. The third kappa shape index (κ3) is 4.33. The largest absolute Gasteiger partial charge is 0.398 e. The lowest BCUT2D eigenvalue weighted by Gasteiger charge is -2.06. The highest BCUT2D eigenvalue weighted by Gasteiger charge is 1.98. The van der Waals surface area contributed by atoms with E-state index in [1.54, 1.807) is 28.6 Å². The number of anilines is 1. The van der Waals surface area contributed by atoms with Gasteiger partial charge >= 0.3 is 0 Å². The van der Waals surface area contributed by atoms with E-state index in [1.165, 1.54) is 11.0 Å². The highest BCUT2D eigenvalue weighted by Crippen LogP contribution is 2.20. The molecule has 5 heteroatoms. The van der Waals surface area contributed by atoms with E-state index in [9.17, 15) is 4.79 Å². The minimum Gasteiger partial charge on any atom is -0.398 e. The Balaban J connectivity index is 1.82. The first-order chi connectivity index (χ1) is 9.15. The molecule has 0 saturated carbocycles. The molecule has 0 spiro atoms. The topological polar surface area (TPSA) is 48.0 Å². The van der Waals surface area contributed by atoms with Crippen LogP contribution in [0.5, 0.6) is 0 Å². The lowest BCUT2D eigenvalue weighted by Crippen LogP contribution is -2.19. The van der Waals surface area contributed by atoms with Gasteiger partial charge in [0.2, 0.25) is 0 Å². The Hall–Kier alpha value is -1.39. The van der Waals surface area contributed by atoms with Crippen LogP contribution >= 0.6 is 23.4 Å². The fraction of sp³-hybridized carbons (Fsp3) is 0.214. The summed E-state index contributed by atoms with van der Waals surface area (Å²) in [4.78, 5) is 12.7. The molecule has 1 heterocycles. The minimum atomic E-state index is -0.00862. The van der Waals surface area contributed by atoms with E-state index in [2.05, 4.69) is 0 Å². The van der Waals surface area contributed by atoms with Crippen molar-refractivity contribution in [1.82, 2.24) is 4.57 Å². The lowest BCUT2D eigenvalue weighted by molar-refractivity contribution is 0.660. The molecule has 0 aliphatic heterocycles. The van der Waals surface area contributed by atoms with Crippen molar-refractivity contribution < 1.29 is 0 Å². The summed E-state index contributed by atoms with van der Waals surface area (Å²) in [5, 5.41) is 0.746. The van der Waals surface area contributed by atoms with Gasteiger partial charge in [-0.2, -0.15) is 0 Å². The fourth-order valence-electron chi connectivity index (χ4n) is 1.68. The highest BCUT2D eigenvalue weighted by atomic mass is 35.5. The number of nitrogen functional groups attached to an aromatic ring is 1. The summed E-state index contributed by atoms with van der Waals surface area (Å²) < 4.78 is 1.65. The van der Waals surface area contributed by atoms with Crippen LogP contribution in [0.2, 0.25) is 5.02 Å². The number of rotatable bonds is 5. The number of halogens is 1. The first kappa shape index (κ1) is 14.0. The van der Waals surface area contributed by atoms with Crippen molar-refractivity contribution in [2.75, 3.05) is 11.5 Å². The summed E-state index contributed by atoms with van der Waals surface area (Å²) in [6, 6.07) is 10.9. The second-order valence-corrected chi connectivity index (χ2v) is 5.75. The van der Waals surface area contributed by atoms with E-state index in [0.717, 1.165) is 17.2 Å². The highest BCUT2D eigenvalue weighted by molar-refractivity contribution is 7.99. The molecule has 0 fully saturated rings. The maximum Gasteiger partial charge on any atom is 0.250 e. The molecule has 1 aromatic heterocycles. The van der Waals surface area contributed by atoms with Crippen molar-refractivity contribution in [2.45, 2.75) is 17.9 Å². The Morgan fingerprint density at radius 2 is 1.89 bits per heavy atom. The normalized spacial score (nSPS) is 10.6. The molecule has 100 valence electrons. The second-order valence-electron chi connectivity index (χ2n) is 4.15. The number of hydrogen-bond acceptors (Lipinski definition) is 3. The van der Waals surface area contributed by atoms with E-state index in [1.807, 2.05) is 24.3 Å². The van der Waals surface area contributed by atoms with Crippen molar-refractivity contribution in [2.24, 2.45) is 0 Å². The number of nitrogens with zero attached hydrogens (tertiary/aromatic N) is 1. The summed E-state index contributed by atoms with van der Waals surface area (Å²) in [5.74, 6) is 0.947. The number of pyridine rings is 1. The summed E-state index contributed by atoms with van der Waals surface area (Å²) >= 11 is 7.58. The first-order valence-corrected chi connectivity index (χ1v) is 7.36. The van der Waals surface area contributed by atoms with Crippen LogP contribution in [-0.4, -0.2) is 10.3 Å². The molecule has 0 unspecified atom stereocenters. The SMILES string of the molecule is Nc1ccc(=O)n(CCCSc2ccc(Cl)cc2)c1. The van der Waals surface area contributed by atoms with Crippen molar-refractivity contribution in [3.05, 3.63) is 58.0 Å². The fourth-order valence-corrected chi connectivity index (χ4v) is 2.64. The van der Waals surface area contributed by atoms with E-state index in [4.69, 9.17) is 17.3 Å². The Labute approximate surface area is 121 Å². The summed E-state index contributed by atoms with van der Waals surface area (Å²) in [6.07, 6.45) is 2.60. The average Bonchev–Trinajstić information content (AvgIpc) is 2.40. The van der Waals surface area contributed by atoms with Crippen molar-refractivity contribution in [3.63, 3.8) is 0 Å². The monoisotopic (exact) mass is 294 g/mol. The lowest BCUT2D eigenvalue weighted by atomic mass is 10.4. The number of hydrogen-bond donors (Lipinski definition) is 1.